The molecule has 2 rings (SSSR count). The van der Waals surface area contributed by atoms with Gasteiger partial charge in [-0.1, -0.05) is 25.5 Å². The quantitative estimate of drug-likeness (QED) is 0.242. The molecule has 0 fully saturated rings. The first kappa shape index (κ1) is 26.9. The molecule has 1 aliphatic heterocycles. The summed E-state index contributed by atoms with van der Waals surface area (Å²) in [6, 6.07) is 6.60. The number of carbonyl (C=O) groups excluding carboxylic acids is 3. The van der Waals surface area contributed by atoms with Gasteiger partial charge in [-0.15, -0.1) is 5.06 Å². The van der Waals surface area contributed by atoms with Crippen LogP contribution >= 0.6 is 0 Å². The summed E-state index contributed by atoms with van der Waals surface area (Å²) < 4.78 is 21.5. The number of hydrogen-bond donors (Lipinski definition) is 1. The van der Waals surface area contributed by atoms with Gasteiger partial charge in [-0.25, -0.2) is 0 Å². The smallest absolute Gasteiger partial charge is 0.285 e. The van der Waals surface area contributed by atoms with Crippen LogP contribution in [-0.4, -0.2) is 88.8 Å². The molecule has 1 heterocycles. The maximum absolute atomic E-state index is 12.1. The maximum Gasteiger partial charge on any atom is 0.285 e. The minimum absolute atomic E-state index is 0.00939. The fraction of sp³-hybridized carbons (Fsp3) is 0.609. The van der Waals surface area contributed by atoms with Crippen LogP contribution in [0.1, 0.15) is 46.9 Å². The standard InChI is InChI=1S/C23H34N2O8/c1-2-3-9-24-21(26)8-10-29-11-12-30-13-14-31-15-16-32-17-18-33-25-22(27)19-6-4-5-7-20(19)23(25)28/h4-7H,2-3,8-18H2,1H3,(H,24,26). The van der Waals surface area contributed by atoms with Crippen LogP contribution in [0.4, 0.5) is 0 Å². The van der Waals surface area contributed by atoms with Crippen molar-refractivity contribution in [2.45, 2.75) is 26.2 Å². The van der Waals surface area contributed by atoms with Crippen molar-refractivity contribution in [3.63, 3.8) is 0 Å². The van der Waals surface area contributed by atoms with Crippen molar-refractivity contribution in [3.05, 3.63) is 35.4 Å². The van der Waals surface area contributed by atoms with E-state index >= 15 is 0 Å². The molecule has 10 nitrogen and oxygen atoms in total. The molecule has 0 atom stereocenters. The van der Waals surface area contributed by atoms with Gasteiger partial charge in [0, 0.05) is 13.0 Å². The zero-order valence-corrected chi connectivity index (χ0v) is 19.2. The Morgan fingerprint density at radius 1 is 0.788 bits per heavy atom. The zero-order valence-electron chi connectivity index (χ0n) is 19.2. The second kappa shape index (κ2) is 16.3. The highest BCUT2D eigenvalue weighted by atomic mass is 16.7. The Bertz CT molecular complexity index is 708. The number of rotatable bonds is 19. The zero-order chi connectivity index (χ0) is 23.7. The first-order valence-corrected chi connectivity index (χ1v) is 11.3. The number of fused-ring (bicyclic) bond motifs is 1. The summed E-state index contributed by atoms with van der Waals surface area (Å²) in [5, 5.41) is 3.61. The molecular formula is C23H34N2O8. The summed E-state index contributed by atoms with van der Waals surface area (Å²) in [5.41, 5.74) is 0.687. The van der Waals surface area contributed by atoms with Crippen molar-refractivity contribution in [1.82, 2.24) is 10.4 Å². The number of ether oxygens (including phenoxy) is 4. The molecule has 0 saturated carbocycles. The lowest BCUT2D eigenvalue weighted by molar-refractivity contribution is -0.122. The third-order valence-electron chi connectivity index (χ3n) is 4.65. The predicted molar refractivity (Wildman–Crippen MR) is 119 cm³/mol. The van der Waals surface area contributed by atoms with Crippen LogP contribution < -0.4 is 5.32 Å². The van der Waals surface area contributed by atoms with Crippen molar-refractivity contribution < 1.29 is 38.2 Å². The van der Waals surface area contributed by atoms with Crippen molar-refractivity contribution in [3.8, 4) is 0 Å². The van der Waals surface area contributed by atoms with E-state index in [1.54, 1.807) is 24.3 Å². The molecule has 0 radical (unpaired) electrons. The average Bonchev–Trinajstić information content (AvgIpc) is 3.06. The molecule has 0 spiro atoms. The number of hydrogen-bond acceptors (Lipinski definition) is 8. The molecule has 3 amide bonds. The third-order valence-corrected chi connectivity index (χ3v) is 4.65. The lowest BCUT2D eigenvalue weighted by atomic mass is 10.1. The summed E-state index contributed by atoms with van der Waals surface area (Å²) in [7, 11) is 0. The maximum atomic E-state index is 12.1. The van der Waals surface area contributed by atoms with Crippen LogP contribution in [0.2, 0.25) is 0 Å². The molecule has 33 heavy (non-hydrogen) atoms. The first-order chi connectivity index (χ1) is 16.1. The summed E-state index contributed by atoms with van der Waals surface area (Å²) in [4.78, 5) is 41.0. The molecule has 1 aromatic carbocycles. The van der Waals surface area contributed by atoms with E-state index in [1.807, 2.05) is 0 Å². The molecule has 0 bridgehead atoms. The lowest BCUT2D eigenvalue weighted by Crippen LogP contribution is -2.31. The van der Waals surface area contributed by atoms with Crippen LogP contribution in [0.15, 0.2) is 24.3 Å². The minimum atomic E-state index is -0.461. The molecule has 0 saturated heterocycles. The number of hydroxylamine groups is 2. The number of amides is 3. The van der Waals surface area contributed by atoms with Crippen molar-refractivity contribution in [2.24, 2.45) is 0 Å². The third kappa shape index (κ3) is 9.97. The number of benzene rings is 1. The van der Waals surface area contributed by atoms with E-state index < -0.39 is 11.8 Å². The molecule has 1 aliphatic rings. The van der Waals surface area contributed by atoms with Gasteiger partial charge in [0.1, 0.15) is 0 Å². The van der Waals surface area contributed by atoms with E-state index in [0.717, 1.165) is 17.9 Å². The van der Waals surface area contributed by atoms with E-state index in [1.165, 1.54) is 0 Å². The Kier molecular flexibility index (Phi) is 13.3. The van der Waals surface area contributed by atoms with Gasteiger partial charge >= 0.3 is 0 Å². The van der Waals surface area contributed by atoms with Gasteiger partial charge in [-0.05, 0) is 18.6 Å². The van der Waals surface area contributed by atoms with E-state index in [-0.39, 0.29) is 19.1 Å². The Labute approximate surface area is 194 Å². The van der Waals surface area contributed by atoms with E-state index in [4.69, 9.17) is 23.8 Å². The Hall–Kier alpha value is -2.37. The Balaban J connectivity index is 1.33. The first-order valence-electron chi connectivity index (χ1n) is 11.3. The van der Waals surface area contributed by atoms with Gasteiger partial charge in [0.05, 0.1) is 70.6 Å². The number of nitrogens with zero attached hydrogens (tertiary/aromatic N) is 1. The minimum Gasteiger partial charge on any atom is -0.379 e. The Morgan fingerprint density at radius 2 is 1.27 bits per heavy atom. The summed E-state index contributed by atoms with van der Waals surface area (Å²) in [5.74, 6) is -0.912. The topological polar surface area (TPSA) is 113 Å². The predicted octanol–water partition coefficient (Wildman–Crippen LogP) is 1.59. The van der Waals surface area contributed by atoms with Gasteiger partial charge in [0.15, 0.2) is 0 Å². The monoisotopic (exact) mass is 466 g/mol. The summed E-state index contributed by atoms with van der Waals surface area (Å²) in [6.45, 7) is 5.95. The van der Waals surface area contributed by atoms with Crippen LogP contribution in [-0.2, 0) is 28.6 Å². The van der Waals surface area contributed by atoms with Crippen molar-refractivity contribution in [2.75, 3.05) is 66.0 Å². The molecule has 1 aromatic rings. The van der Waals surface area contributed by atoms with Gasteiger partial charge < -0.3 is 24.3 Å². The number of imide groups is 1. The molecule has 0 aliphatic carbocycles. The molecule has 184 valence electrons. The van der Waals surface area contributed by atoms with Crippen LogP contribution in [0.3, 0.4) is 0 Å². The van der Waals surface area contributed by atoms with Crippen LogP contribution in [0, 0.1) is 0 Å². The lowest BCUT2D eigenvalue weighted by Gasteiger charge is -2.13. The summed E-state index contributed by atoms with van der Waals surface area (Å²) in [6.07, 6.45) is 2.40. The normalized spacial score (nSPS) is 12.9. The second-order valence-electron chi connectivity index (χ2n) is 7.19. The molecule has 1 N–H and O–H groups in total. The SMILES string of the molecule is CCCCNC(=O)CCOCCOCCOCCOCCON1C(=O)c2ccccc2C1=O. The number of carbonyl (C=O) groups is 3. The van der Waals surface area contributed by atoms with Crippen LogP contribution in [0.5, 0.6) is 0 Å². The van der Waals surface area contributed by atoms with Gasteiger partial charge in [0.2, 0.25) is 5.91 Å². The van der Waals surface area contributed by atoms with E-state index in [9.17, 15) is 14.4 Å². The number of nitrogens with one attached hydrogen (secondary N) is 1. The molecular weight excluding hydrogens is 432 g/mol. The number of unbranched alkanes of at least 4 members (excludes halogenated alkanes) is 1. The molecule has 0 aromatic heterocycles. The molecule has 0 unspecified atom stereocenters. The van der Waals surface area contributed by atoms with Crippen molar-refractivity contribution in [1.29, 1.82) is 0 Å². The highest BCUT2D eigenvalue weighted by Gasteiger charge is 2.36. The van der Waals surface area contributed by atoms with E-state index in [2.05, 4.69) is 12.2 Å². The fourth-order valence-electron chi connectivity index (χ4n) is 2.89. The van der Waals surface area contributed by atoms with Crippen molar-refractivity contribution >= 4 is 17.7 Å². The molecule has 10 heteroatoms. The fourth-order valence-corrected chi connectivity index (χ4v) is 2.89. The van der Waals surface area contributed by atoms with Gasteiger partial charge in [0.25, 0.3) is 11.8 Å². The highest BCUT2D eigenvalue weighted by molar-refractivity contribution is 6.20. The summed E-state index contributed by atoms with van der Waals surface area (Å²) >= 11 is 0. The average molecular weight is 467 g/mol. The van der Waals surface area contributed by atoms with E-state index in [0.29, 0.717) is 70.3 Å². The highest BCUT2D eigenvalue weighted by Crippen LogP contribution is 2.22. The van der Waals surface area contributed by atoms with Gasteiger partial charge in [-0.2, -0.15) is 0 Å². The largest absolute Gasteiger partial charge is 0.379 e. The second-order valence-corrected chi connectivity index (χ2v) is 7.19. The Morgan fingerprint density at radius 3 is 1.79 bits per heavy atom. The van der Waals surface area contributed by atoms with Gasteiger partial charge in [-0.3, -0.25) is 19.2 Å². The van der Waals surface area contributed by atoms with Crippen LogP contribution in [0.25, 0.3) is 0 Å².